The van der Waals surface area contributed by atoms with Gasteiger partial charge in [-0.05, 0) is 30.7 Å². The number of ether oxygens (including phenoxy) is 2. The van der Waals surface area contributed by atoms with Gasteiger partial charge in [0, 0.05) is 17.3 Å². The number of fused-ring (bicyclic) bond motifs is 1. The van der Waals surface area contributed by atoms with Crippen LogP contribution in [0.15, 0.2) is 52.1 Å². The molecule has 0 spiro atoms. The van der Waals surface area contributed by atoms with E-state index < -0.39 is 0 Å². The van der Waals surface area contributed by atoms with E-state index in [0.717, 1.165) is 11.1 Å². The Balaban J connectivity index is 1.35. The van der Waals surface area contributed by atoms with Crippen LogP contribution >= 0.6 is 11.8 Å². The van der Waals surface area contributed by atoms with Crippen LogP contribution in [0.1, 0.15) is 5.56 Å². The molecule has 138 valence electrons. The van der Waals surface area contributed by atoms with Gasteiger partial charge in [-0.3, -0.25) is 4.79 Å². The first-order chi connectivity index (χ1) is 13.2. The van der Waals surface area contributed by atoms with E-state index >= 15 is 0 Å². The average Bonchev–Trinajstić information content (AvgIpc) is 3.15. The first-order valence-electron chi connectivity index (χ1n) is 8.41. The lowest BCUT2D eigenvalue weighted by Gasteiger charge is -2.18. The van der Waals surface area contributed by atoms with Crippen LogP contribution in [0, 0.1) is 6.92 Å². The summed E-state index contributed by atoms with van der Waals surface area (Å²) in [4.78, 5) is 12.2. The maximum atomic E-state index is 12.2. The van der Waals surface area contributed by atoms with E-state index in [-0.39, 0.29) is 11.7 Å². The first-order valence-corrected chi connectivity index (χ1v) is 9.39. The van der Waals surface area contributed by atoms with Crippen molar-refractivity contribution in [2.45, 2.75) is 12.1 Å². The topological polar surface area (TPSA) is 86.5 Å². The Morgan fingerprint density at radius 3 is 2.78 bits per heavy atom. The van der Waals surface area contributed by atoms with Crippen LogP contribution < -0.4 is 14.8 Å². The van der Waals surface area contributed by atoms with Gasteiger partial charge in [-0.2, -0.15) is 0 Å². The third-order valence-electron chi connectivity index (χ3n) is 3.93. The quantitative estimate of drug-likeness (QED) is 0.674. The van der Waals surface area contributed by atoms with E-state index in [0.29, 0.717) is 41.5 Å². The van der Waals surface area contributed by atoms with E-state index in [9.17, 15) is 4.79 Å². The summed E-state index contributed by atoms with van der Waals surface area (Å²) in [5.41, 5.74) is 2.59. The molecular weight excluding hydrogens is 366 g/mol. The minimum atomic E-state index is -0.174. The van der Waals surface area contributed by atoms with E-state index in [1.54, 1.807) is 18.2 Å². The van der Waals surface area contributed by atoms with Crippen molar-refractivity contribution in [1.82, 2.24) is 10.2 Å². The van der Waals surface area contributed by atoms with Gasteiger partial charge in [0.15, 0.2) is 11.5 Å². The number of anilines is 1. The molecule has 1 aliphatic rings. The number of carbonyl (C=O) groups excluding carboxylic acids is 1. The minimum absolute atomic E-state index is 0.157. The molecule has 0 fully saturated rings. The molecule has 4 rings (SSSR count). The molecule has 0 saturated heterocycles. The highest BCUT2D eigenvalue weighted by molar-refractivity contribution is 7.99. The second-order valence-corrected chi connectivity index (χ2v) is 6.81. The normalized spacial score (nSPS) is 12.6. The molecule has 1 aliphatic heterocycles. The fourth-order valence-electron chi connectivity index (χ4n) is 2.64. The first kappa shape index (κ1) is 17.4. The third kappa shape index (κ3) is 4.06. The highest BCUT2D eigenvalue weighted by Crippen LogP contribution is 2.32. The van der Waals surface area contributed by atoms with E-state index in [2.05, 4.69) is 15.5 Å². The van der Waals surface area contributed by atoms with Crippen LogP contribution in [0.4, 0.5) is 5.69 Å². The van der Waals surface area contributed by atoms with Gasteiger partial charge in [-0.15, -0.1) is 10.2 Å². The van der Waals surface area contributed by atoms with Gasteiger partial charge < -0.3 is 19.2 Å². The minimum Gasteiger partial charge on any atom is -0.486 e. The zero-order valence-electron chi connectivity index (χ0n) is 14.6. The van der Waals surface area contributed by atoms with Crippen molar-refractivity contribution < 1.29 is 18.7 Å². The Bertz CT molecular complexity index is 973. The second kappa shape index (κ2) is 7.71. The van der Waals surface area contributed by atoms with Crippen molar-refractivity contribution >= 4 is 23.4 Å². The monoisotopic (exact) mass is 383 g/mol. The van der Waals surface area contributed by atoms with Crippen molar-refractivity contribution in [1.29, 1.82) is 0 Å². The van der Waals surface area contributed by atoms with E-state index in [4.69, 9.17) is 13.9 Å². The maximum Gasteiger partial charge on any atom is 0.277 e. The molecule has 3 aromatic rings. The van der Waals surface area contributed by atoms with Crippen molar-refractivity contribution in [3.05, 3.63) is 48.0 Å². The predicted octanol–water partition coefficient (Wildman–Crippen LogP) is 3.55. The lowest BCUT2D eigenvalue weighted by molar-refractivity contribution is -0.113. The molecule has 0 atom stereocenters. The molecule has 0 aliphatic carbocycles. The molecule has 2 heterocycles. The molecule has 0 radical (unpaired) electrons. The van der Waals surface area contributed by atoms with Crippen molar-refractivity contribution in [2.75, 3.05) is 24.3 Å². The Labute approximate surface area is 160 Å². The summed E-state index contributed by atoms with van der Waals surface area (Å²) in [6.07, 6.45) is 0. The van der Waals surface area contributed by atoms with Gasteiger partial charge >= 0.3 is 0 Å². The highest BCUT2D eigenvalue weighted by atomic mass is 32.2. The molecule has 2 aromatic carbocycles. The lowest BCUT2D eigenvalue weighted by Crippen LogP contribution is -2.17. The summed E-state index contributed by atoms with van der Waals surface area (Å²) in [5.74, 6) is 1.74. The lowest BCUT2D eigenvalue weighted by atomic mass is 10.1. The van der Waals surface area contributed by atoms with Gasteiger partial charge in [0.2, 0.25) is 11.8 Å². The number of carbonyl (C=O) groups is 1. The maximum absolute atomic E-state index is 12.2. The number of aryl methyl sites for hydroxylation is 1. The van der Waals surface area contributed by atoms with Crippen LogP contribution in [0.2, 0.25) is 0 Å². The van der Waals surface area contributed by atoms with Gasteiger partial charge in [0.25, 0.3) is 5.22 Å². The Morgan fingerprint density at radius 2 is 1.93 bits per heavy atom. The summed E-state index contributed by atoms with van der Waals surface area (Å²) >= 11 is 1.19. The SMILES string of the molecule is Cc1ccccc1-c1nnc(SCC(=O)Nc2ccc3c(c2)OCCO3)o1. The molecule has 0 saturated carbocycles. The third-order valence-corrected chi connectivity index (χ3v) is 4.75. The van der Waals surface area contributed by atoms with Crippen LogP contribution in [0.5, 0.6) is 11.5 Å². The second-order valence-electron chi connectivity index (χ2n) is 5.88. The largest absolute Gasteiger partial charge is 0.486 e. The average molecular weight is 383 g/mol. The number of hydrogen-bond donors (Lipinski definition) is 1. The summed E-state index contributed by atoms with van der Waals surface area (Å²) in [6, 6.07) is 13.1. The molecule has 1 N–H and O–H groups in total. The van der Waals surface area contributed by atoms with Crippen LogP contribution in [-0.4, -0.2) is 35.1 Å². The number of thioether (sulfide) groups is 1. The Hall–Kier alpha value is -3.00. The number of rotatable bonds is 5. The van der Waals surface area contributed by atoms with Crippen LogP contribution in [0.25, 0.3) is 11.5 Å². The van der Waals surface area contributed by atoms with Gasteiger partial charge in [-0.25, -0.2) is 0 Å². The number of nitrogens with zero attached hydrogens (tertiary/aromatic N) is 2. The number of amides is 1. The van der Waals surface area contributed by atoms with E-state index in [1.165, 1.54) is 11.8 Å². The van der Waals surface area contributed by atoms with Crippen LogP contribution in [0.3, 0.4) is 0 Å². The molecular formula is C19H17N3O4S. The fourth-order valence-corrected chi connectivity index (χ4v) is 3.20. The molecule has 8 heteroatoms. The predicted molar refractivity (Wildman–Crippen MR) is 101 cm³/mol. The van der Waals surface area contributed by atoms with Crippen molar-refractivity contribution in [2.24, 2.45) is 0 Å². The zero-order valence-corrected chi connectivity index (χ0v) is 15.4. The number of aromatic nitrogens is 2. The molecule has 1 aromatic heterocycles. The van der Waals surface area contributed by atoms with Crippen molar-refractivity contribution in [3.8, 4) is 23.0 Å². The van der Waals surface area contributed by atoms with Crippen LogP contribution in [-0.2, 0) is 4.79 Å². The number of hydrogen-bond acceptors (Lipinski definition) is 7. The summed E-state index contributed by atoms with van der Waals surface area (Å²) in [6.45, 7) is 3.01. The molecule has 0 unspecified atom stereocenters. The molecule has 7 nitrogen and oxygen atoms in total. The summed E-state index contributed by atoms with van der Waals surface area (Å²) in [5, 5.41) is 11.2. The summed E-state index contributed by atoms with van der Waals surface area (Å²) in [7, 11) is 0. The molecule has 0 bridgehead atoms. The Morgan fingerprint density at radius 1 is 1.11 bits per heavy atom. The smallest absolute Gasteiger partial charge is 0.277 e. The zero-order chi connectivity index (χ0) is 18.6. The standard InChI is InChI=1S/C19H17N3O4S/c1-12-4-2-3-5-14(12)18-21-22-19(26-18)27-11-17(23)20-13-6-7-15-16(10-13)25-9-8-24-15/h2-7,10H,8-9,11H2,1H3,(H,20,23). The van der Waals surface area contributed by atoms with Gasteiger partial charge in [-0.1, -0.05) is 30.0 Å². The number of benzene rings is 2. The molecule has 27 heavy (non-hydrogen) atoms. The highest BCUT2D eigenvalue weighted by Gasteiger charge is 2.15. The van der Waals surface area contributed by atoms with E-state index in [1.807, 2.05) is 31.2 Å². The van der Waals surface area contributed by atoms with Gasteiger partial charge in [0.1, 0.15) is 13.2 Å². The molecule has 1 amide bonds. The van der Waals surface area contributed by atoms with Gasteiger partial charge in [0.05, 0.1) is 5.75 Å². The fraction of sp³-hybridized carbons (Fsp3) is 0.211. The Kier molecular flexibility index (Phi) is 4.97. The summed E-state index contributed by atoms with van der Waals surface area (Å²) < 4.78 is 16.6. The van der Waals surface area contributed by atoms with Crippen molar-refractivity contribution in [3.63, 3.8) is 0 Å². The number of nitrogens with one attached hydrogen (secondary N) is 1.